The van der Waals surface area contributed by atoms with Crippen molar-refractivity contribution < 1.29 is 28.3 Å². The molecule has 216 valence electrons. The molecule has 9 nitrogen and oxygen atoms in total. The number of nitrogens with one attached hydrogen (secondary N) is 2. The number of pyridine rings is 1. The van der Waals surface area contributed by atoms with Crippen LogP contribution in [-0.4, -0.2) is 46.4 Å². The molecule has 4 aromatic rings. The van der Waals surface area contributed by atoms with Gasteiger partial charge >= 0.3 is 5.97 Å². The lowest BCUT2D eigenvalue weighted by Gasteiger charge is -2.27. The molecule has 0 unspecified atom stereocenters. The number of benzene rings is 2. The second kappa shape index (κ2) is 12.5. The fraction of sp³-hybridized carbons (Fsp3) is 0.258. The highest BCUT2D eigenvalue weighted by atomic mass is 35.5. The first-order valence-corrected chi connectivity index (χ1v) is 13.8. The van der Waals surface area contributed by atoms with E-state index in [-0.39, 0.29) is 40.8 Å². The number of nitrogens with zero attached hydrogens (tertiary/aromatic N) is 2. The average Bonchev–Trinajstić information content (AvgIpc) is 3.39. The summed E-state index contributed by atoms with van der Waals surface area (Å²) in [4.78, 5) is 55.0. The molecule has 0 aliphatic heterocycles. The lowest BCUT2D eigenvalue weighted by Crippen LogP contribution is -2.40. The summed E-state index contributed by atoms with van der Waals surface area (Å²) in [6.07, 6.45) is 4.79. The smallest absolute Gasteiger partial charge is 0.308 e. The number of esters is 1. The number of anilines is 1. The van der Waals surface area contributed by atoms with Crippen molar-refractivity contribution in [1.82, 2.24) is 14.9 Å². The lowest BCUT2D eigenvalue weighted by atomic mass is 9.86. The zero-order valence-corrected chi connectivity index (χ0v) is 23.5. The van der Waals surface area contributed by atoms with Gasteiger partial charge in [0.05, 0.1) is 30.2 Å². The van der Waals surface area contributed by atoms with E-state index in [9.17, 15) is 23.6 Å². The highest BCUT2D eigenvalue weighted by Crippen LogP contribution is 2.27. The summed E-state index contributed by atoms with van der Waals surface area (Å²) in [5, 5.41) is 7.32. The van der Waals surface area contributed by atoms with Gasteiger partial charge in [0.25, 0.3) is 11.8 Å². The molecule has 1 saturated carbocycles. The van der Waals surface area contributed by atoms with Crippen molar-refractivity contribution in [2.45, 2.75) is 38.1 Å². The number of rotatable bonds is 7. The fourth-order valence-corrected chi connectivity index (χ4v) is 5.49. The van der Waals surface area contributed by atoms with Gasteiger partial charge in [-0.1, -0.05) is 41.9 Å². The maximum Gasteiger partial charge on any atom is 0.308 e. The predicted octanol–water partition coefficient (Wildman–Crippen LogP) is 5.43. The first-order valence-electron chi connectivity index (χ1n) is 13.5. The van der Waals surface area contributed by atoms with Crippen LogP contribution in [0.5, 0.6) is 0 Å². The van der Waals surface area contributed by atoms with Gasteiger partial charge in [0.2, 0.25) is 5.91 Å². The van der Waals surface area contributed by atoms with Crippen LogP contribution in [0.4, 0.5) is 10.1 Å². The number of halogens is 2. The van der Waals surface area contributed by atoms with E-state index >= 15 is 0 Å². The highest BCUT2D eigenvalue weighted by Gasteiger charge is 2.30. The molecule has 42 heavy (non-hydrogen) atoms. The van der Waals surface area contributed by atoms with E-state index in [1.54, 1.807) is 18.3 Å². The summed E-state index contributed by atoms with van der Waals surface area (Å²) >= 11 is 6.44. The van der Waals surface area contributed by atoms with Gasteiger partial charge in [0.1, 0.15) is 11.4 Å². The Bertz CT molecular complexity index is 1670. The van der Waals surface area contributed by atoms with Crippen LogP contribution in [0.25, 0.3) is 10.8 Å². The number of methoxy groups -OCH3 is 1. The number of carbonyl (C=O) groups excluding carboxylic acids is 4. The molecule has 0 atom stereocenters. The zero-order valence-electron chi connectivity index (χ0n) is 22.7. The molecule has 2 amide bonds. The van der Waals surface area contributed by atoms with Crippen molar-refractivity contribution >= 4 is 51.8 Å². The Kier molecular flexibility index (Phi) is 8.63. The Morgan fingerprint density at radius 3 is 2.52 bits per heavy atom. The topological polar surface area (TPSA) is 119 Å². The second-order valence-electron chi connectivity index (χ2n) is 10.1. The van der Waals surface area contributed by atoms with Gasteiger partial charge in [-0.15, -0.1) is 0 Å². The average molecular weight is 591 g/mol. The minimum absolute atomic E-state index is 0.169. The summed E-state index contributed by atoms with van der Waals surface area (Å²) in [5.41, 5.74) is 0.711. The van der Waals surface area contributed by atoms with Gasteiger partial charge in [-0.3, -0.25) is 28.7 Å². The van der Waals surface area contributed by atoms with E-state index in [2.05, 4.69) is 15.6 Å². The van der Waals surface area contributed by atoms with Crippen molar-refractivity contribution in [3.8, 4) is 0 Å². The van der Waals surface area contributed by atoms with E-state index in [0.29, 0.717) is 42.3 Å². The summed E-state index contributed by atoms with van der Waals surface area (Å²) in [6, 6.07) is 14.7. The molecule has 1 aliphatic rings. The fourth-order valence-electron chi connectivity index (χ4n) is 5.24. The quantitative estimate of drug-likeness (QED) is 0.277. The molecule has 2 heterocycles. The number of fused-ring (bicyclic) bond motifs is 1. The number of amides is 2. The van der Waals surface area contributed by atoms with Crippen molar-refractivity contribution in [2.75, 3.05) is 12.4 Å². The number of hydrogen-bond acceptors (Lipinski definition) is 6. The maximum atomic E-state index is 14.6. The Hall–Kier alpha value is -4.57. The first-order chi connectivity index (χ1) is 20.2. The van der Waals surface area contributed by atoms with Crippen LogP contribution < -0.4 is 10.6 Å². The third-order valence-electron chi connectivity index (χ3n) is 7.44. The standard InChI is InChI=1S/C31H28ClFN4O5/c1-42-31(41)20-7-9-21(10-8-20)35-30(40)28-24(33)13-15-37(28)26(38)17-18-6-11-25(23(32)16-18)36-29(39)27-22-5-3-2-4-19(22)12-14-34-27/h2-6,11-16,20-21H,7-10,17H2,1H3,(H,35,40)(H,36,39). The molecule has 5 rings (SSSR count). The molecule has 0 spiro atoms. The van der Waals surface area contributed by atoms with Gasteiger partial charge in [-0.2, -0.15) is 0 Å². The SMILES string of the molecule is COC(=O)C1CCC(NC(=O)c2c(F)ccn2C(=O)Cc2ccc(NC(=O)c3nccc4ccccc34)c(Cl)c2)CC1. The first kappa shape index (κ1) is 28.9. The van der Waals surface area contributed by atoms with Gasteiger partial charge in [0, 0.05) is 23.8 Å². The Morgan fingerprint density at radius 1 is 1.02 bits per heavy atom. The monoisotopic (exact) mass is 590 g/mol. The van der Waals surface area contributed by atoms with Crippen molar-refractivity contribution in [2.24, 2.45) is 5.92 Å². The summed E-state index contributed by atoms with van der Waals surface area (Å²) < 4.78 is 20.4. The molecule has 1 fully saturated rings. The maximum absolute atomic E-state index is 14.6. The predicted molar refractivity (Wildman–Crippen MR) is 155 cm³/mol. The Balaban J connectivity index is 1.24. The van der Waals surface area contributed by atoms with Crippen molar-refractivity contribution in [1.29, 1.82) is 0 Å². The molecular formula is C31H28ClFN4O5. The number of aromatic nitrogens is 2. The third-order valence-corrected chi connectivity index (χ3v) is 7.76. The summed E-state index contributed by atoms with van der Waals surface area (Å²) in [6.45, 7) is 0. The van der Waals surface area contributed by atoms with Crippen LogP contribution in [0, 0.1) is 11.7 Å². The molecule has 0 bridgehead atoms. The molecule has 2 N–H and O–H groups in total. The van der Waals surface area contributed by atoms with E-state index < -0.39 is 23.5 Å². The third kappa shape index (κ3) is 6.18. The van der Waals surface area contributed by atoms with Crippen LogP contribution in [0.2, 0.25) is 5.02 Å². The number of hydrogen-bond donors (Lipinski definition) is 2. The van der Waals surface area contributed by atoms with Crippen LogP contribution in [0.1, 0.15) is 57.0 Å². The highest BCUT2D eigenvalue weighted by molar-refractivity contribution is 6.34. The van der Waals surface area contributed by atoms with Crippen LogP contribution >= 0.6 is 11.6 Å². The summed E-state index contributed by atoms with van der Waals surface area (Å²) in [7, 11) is 1.34. The molecule has 2 aromatic carbocycles. The largest absolute Gasteiger partial charge is 0.469 e. The number of carbonyl (C=O) groups is 4. The number of ether oxygens (including phenoxy) is 1. The minimum Gasteiger partial charge on any atom is -0.469 e. The minimum atomic E-state index is -0.817. The Morgan fingerprint density at radius 2 is 1.79 bits per heavy atom. The summed E-state index contributed by atoms with van der Waals surface area (Å²) in [5.74, 6) is -2.98. The normalized spacial score (nSPS) is 16.5. The van der Waals surface area contributed by atoms with E-state index in [1.807, 2.05) is 30.3 Å². The van der Waals surface area contributed by atoms with E-state index in [1.165, 1.54) is 19.4 Å². The van der Waals surface area contributed by atoms with Crippen molar-refractivity contribution in [3.05, 3.63) is 94.8 Å². The van der Waals surface area contributed by atoms with Gasteiger partial charge in [-0.05, 0) is 60.9 Å². The lowest BCUT2D eigenvalue weighted by molar-refractivity contribution is -0.146. The molecule has 1 aliphatic carbocycles. The molecule has 0 saturated heterocycles. The molecule has 2 aromatic heterocycles. The van der Waals surface area contributed by atoms with Crippen molar-refractivity contribution in [3.63, 3.8) is 0 Å². The van der Waals surface area contributed by atoms with E-state index in [4.69, 9.17) is 16.3 Å². The van der Waals surface area contributed by atoms with E-state index in [0.717, 1.165) is 16.0 Å². The molecular weight excluding hydrogens is 563 g/mol. The van der Waals surface area contributed by atoms with Crippen LogP contribution in [-0.2, 0) is 16.0 Å². The molecule has 0 radical (unpaired) electrons. The van der Waals surface area contributed by atoms with Crippen LogP contribution in [0.15, 0.2) is 67.0 Å². The molecule has 11 heteroatoms. The van der Waals surface area contributed by atoms with Crippen LogP contribution in [0.3, 0.4) is 0 Å². The zero-order chi connectivity index (χ0) is 29.8. The van der Waals surface area contributed by atoms with Gasteiger partial charge in [0.15, 0.2) is 5.82 Å². The Labute approximate surface area is 246 Å². The second-order valence-corrected chi connectivity index (χ2v) is 10.6. The van der Waals surface area contributed by atoms with Gasteiger partial charge < -0.3 is 15.4 Å². The van der Waals surface area contributed by atoms with Gasteiger partial charge in [-0.25, -0.2) is 4.39 Å².